The van der Waals surface area contributed by atoms with Gasteiger partial charge in [0.2, 0.25) is 0 Å². The van der Waals surface area contributed by atoms with Crippen molar-refractivity contribution in [3.63, 3.8) is 0 Å². The van der Waals surface area contributed by atoms with Crippen molar-refractivity contribution in [2.45, 2.75) is 31.7 Å². The number of H-pyrrole nitrogens is 1. The van der Waals surface area contributed by atoms with Crippen molar-refractivity contribution in [3.8, 4) is 0 Å². The molecule has 1 aliphatic carbocycles. The summed E-state index contributed by atoms with van der Waals surface area (Å²) in [5.41, 5.74) is 0.602. The van der Waals surface area contributed by atoms with Gasteiger partial charge in [-0.3, -0.25) is 4.79 Å². The molecule has 1 fully saturated rings. The topological polar surface area (TPSA) is 48.1 Å². The molecule has 1 aliphatic rings. The summed E-state index contributed by atoms with van der Waals surface area (Å²) in [4.78, 5) is 17.1. The molecule has 1 amide bonds. The molecule has 2 N–H and O–H groups in total. The fraction of sp³-hybridized carbons (Fsp3) is 0.615. The van der Waals surface area contributed by atoms with E-state index >= 15 is 0 Å². The summed E-state index contributed by atoms with van der Waals surface area (Å²) in [5, 5.41) is 2.93. The van der Waals surface area contributed by atoms with Crippen LogP contribution in [-0.2, 0) is 0 Å². The molecule has 0 spiro atoms. The van der Waals surface area contributed by atoms with E-state index in [9.17, 15) is 4.79 Å². The average molecular weight is 314 g/mol. The third-order valence-corrected chi connectivity index (χ3v) is 4.05. The van der Waals surface area contributed by atoms with Gasteiger partial charge in [-0.05, 0) is 41.9 Å². The third-order valence-electron chi connectivity index (χ3n) is 3.59. The van der Waals surface area contributed by atoms with Gasteiger partial charge in [0, 0.05) is 29.8 Å². The summed E-state index contributed by atoms with van der Waals surface area (Å²) < 4.78 is 0.899. The fourth-order valence-corrected chi connectivity index (χ4v) is 2.81. The number of hydrogen-bond acceptors (Lipinski definition) is 2. The lowest BCUT2D eigenvalue weighted by molar-refractivity contribution is 0.0943. The molecule has 1 saturated carbocycles. The van der Waals surface area contributed by atoms with Gasteiger partial charge < -0.3 is 15.2 Å². The molecular formula is C13H20BrN3O. The van der Waals surface area contributed by atoms with Crippen LogP contribution in [0.3, 0.4) is 0 Å². The zero-order chi connectivity index (χ0) is 13.0. The van der Waals surface area contributed by atoms with E-state index in [4.69, 9.17) is 0 Å². The van der Waals surface area contributed by atoms with E-state index in [1.54, 1.807) is 12.3 Å². The van der Waals surface area contributed by atoms with Crippen LogP contribution >= 0.6 is 15.9 Å². The van der Waals surface area contributed by atoms with Gasteiger partial charge in [-0.1, -0.05) is 12.8 Å². The Hall–Kier alpha value is -0.810. The van der Waals surface area contributed by atoms with Gasteiger partial charge in [-0.25, -0.2) is 0 Å². The van der Waals surface area contributed by atoms with Crippen LogP contribution in [0.4, 0.5) is 0 Å². The first-order chi connectivity index (χ1) is 8.66. The standard InChI is InChI=1S/C13H20BrN3O/c1-17(11-4-2-3-5-11)7-6-15-13(18)12-8-10(14)9-16-12/h8-9,11,16H,2-7H2,1H3,(H,15,18). The van der Waals surface area contributed by atoms with Gasteiger partial charge in [0.25, 0.3) is 5.91 Å². The number of rotatable bonds is 5. The van der Waals surface area contributed by atoms with E-state index in [0.717, 1.165) is 11.0 Å². The minimum absolute atomic E-state index is 0.0412. The zero-order valence-electron chi connectivity index (χ0n) is 10.7. The number of nitrogens with one attached hydrogen (secondary N) is 2. The molecule has 2 rings (SSSR count). The number of carbonyl (C=O) groups is 1. The van der Waals surface area contributed by atoms with E-state index < -0.39 is 0 Å². The maximum absolute atomic E-state index is 11.8. The quantitative estimate of drug-likeness (QED) is 0.877. The largest absolute Gasteiger partial charge is 0.356 e. The molecule has 18 heavy (non-hydrogen) atoms. The van der Waals surface area contributed by atoms with Gasteiger partial charge in [-0.2, -0.15) is 0 Å². The zero-order valence-corrected chi connectivity index (χ0v) is 12.3. The second-order valence-corrected chi connectivity index (χ2v) is 5.82. The molecule has 0 bridgehead atoms. The Morgan fingerprint density at radius 3 is 2.89 bits per heavy atom. The number of aromatic amines is 1. The minimum atomic E-state index is -0.0412. The molecule has 1 aromatic rings. The Balaban J connectivity index is 1.70. The summed E-state index contributed by atoms with van der Waals surface area (Å²) in [6.45, 7) is 1.61. The van der Waals surface area contributed by atoms with E-state index in [-0.39, 0.29) is 5.91 Å². The van der Waals surface area contributed by atoms with E-state index in [1.165, 1.54) is 25.7 Å². The predicted molar refractivity (Wildman–Crippen MR) is 75.7 cm³/mol. The monoisotopic (exact) mass is 313 g/mol. The van der Waals surface area contributed by atoms with Crippen LogP contribution in [0.2, 0.25) is 0 Å². The molecule has 0 saturated heterocycles. The lowest BCUT2D eigenvalue weighted by Gasteiger charge is -2.23. The third kappa shape index (κ3) is 3.59. The molecule has 0 radical (unpaired) electrons. The van der Waals surface area contributed by atoms with E-state index in [2.05, 4.69) is 38.2 Å². The van der Waals surface area contributed by atoms with Crippen LogP contribution in [0.5, 0.6) is 0 Å². The average Bonchev–Trinajstić information content (AvgIpc) is 2.99. The lowest BCUT2D eigenvalue weighted by atomic mass is 10.2. The highest BCUT2D eigenvalue weighted by molar-refractivity contribution is 9.10. The Morgan fingerprint density at radius 1 is 1.56 bits per heavy atom. The highest BCUT2D eigenvalue weighted by Gasteiger charge is 2.19. The maximum atomic E-state index is 11.8. The second-order valence-electron chi connectivity index (χ2n) is 4.91. The summed E-state index contributed by atoms with van der Waals surface area (Å²) in [6.07, 6.45) is 7.05. The van der Waals surface area contributed by atoms with Gasteiger partial charge in [-0.15, -0.1) is 0 Å². The van der Waals surface area contributed by atoms with Gasteiger partial charge >= 0.3 is 0 Å². The van der Waals surface area contributed by atoms with Crippen molar-refractivity contribution < 1.29 is 4.79 Å². The molecule has 0 unspecified atom stereocenters. The van der Waals surface area contributed by atoms with E-state index in [0.29, 0.717) is 18.3 Å². The van der Waals surface area contributed by atoms with Crippen molar-refractivity contribution in [2.24, 2.45) is 0 Å². The molecule has 1 heterocycles. The van der Waals surface area contributed by atoms with Crippen LogP contribution in [0, 0.1) is 0 Å². The highest BCUT2D eigenvalue weighted by atomic mass is 79.9. The van der Waals surface area contributed by atoms with Gasteiger partial charge in [0.05, 0.1) is 0 Å². The first-order valence-corrected chi connectivity index (χ1v) is 7.28. The number of aromatic nitrogens is 1. The Kier molecular flexibility index (Phi) is 4.83. The van der Waals surface area contributed by atoms with E-state index in [1.807, 2.05) is 0 Å². The number of amides is 1. The number of likely N-dealkylation sites (N-methyl/N-ethyl adjacent to an activating group) is 1. The van der Waals surface area contributed by atoms with Crippen LogP contribution in [0.15, 0.2) is 16.7 Å². The van der Waals surface area contributed by atoms with Gasteiger partial charge in [0.15, 0.2) is 0 Å². The molecule has 100 valence electrons. The molecule has 0 atom stereocenters. The second kappa shape index (κ2) is 6.38. The number of hydrogen-bond donors (Lipinski definition) is 2. The fourth-order valence-electron chi connectivity index (χ4n) is 2.47. The smallest absolute Gasteiger partial charge is 0.267 e. The number of nitrogens with zero attached hydrogens (tertiary/aromatic N) is 1. The Bertz CT molecular complexity index is 399. The normalized spacial score (nSPS) is 16.4. The highest BCUT2D eigenvalue weighted by Crippen LogP contribution is 2.21. The summed E-state index contributed by atoms with van der Waals surface area (Å²) >= 11 is 3.32. The maximum Gasteiger partial charge on any atom is 0.267 e. The Labute approximate surface area is 116 Å². The van der Waals surface area contributed by atoms with Crippen LogP contribution in [-0.4, -0.2) is 42.0 Å². The Morgan fingerprint density at radius 2 is 2.28 bits per heavy atom. The summed E-state index contributed by atoms with van der Waals surface area (Å²) in [7, 11) is 2.15. The summed E-state index contributed by atoms with van der Waals surface area (Å²) in [6, 6.07) is 2.50. The summed E-state index contributed by atoms with van der Waals surface area (Å²) in [5.74, 6) is -0.0412. The molecule has 0 aromatic carbocycles. The predicted octanol–water partition coefficient (Wildman–Crippen LogP) is 2.38. The van der Waals surface area contributed by atoms with Crippen molar-refractivity contribution >= 4 is 21.8 Å². The first-order valence-electron chi connectivity index (χ1n) is 6.49. The van der Waals surface area contributed by atoms with Crippen LogP contribution in [0.25, 0.3) is 0 Å². The van der Waals surface area contributed by atoms with Crippen molar-refractivity contribution in [1.29, 1.82) is 0 Å². The number of carbonyl (C=O) groups excluding carboxylic acids is 1. The molecule has 5 heteroatoms. The molecule has 4 nitrogen and oxygen atoms in total. The molecule has 0 aliphatic heterocycles. The van der Waals surface area contributed by atoms with Crippen molar-refractivity contribution in [2.75, 3.05) is 20.1 Å². The number of halogens is 1. The lowest BCUT2D eigenvalue weighted by Crippen LogP contribution is -2.37. The molecular weight excluding hydrogens is 294 g/mol. The van der Waals surface area contributed by atoms with Crippen molar-refractivity contribution in [1.82, 2.24) is 15.2 Å². The van der Waals surface area contributed by atoms with Crippen LogP contribution in [0.1, 0.15) is 36.2 Å². The van der Waals surface area contributed by atoms with Crippen LogP contribution < -0.4 is 5.32 Å². The first kappa shape index (κ1) is 13.6. The molecule has 1 aromatic heterocycles. The minimum Gasteiger partial charge on any atom is -0.356 e. The van der Waals surface area contributed by atoms with Gasteiger partial charge in [0.1, 0.15) is 5.69 Å². The van der Waals surface area contributed by atoms with Crippen molar-refractivity contribution in [3.05, 3.63) is 22.4 Å². The SMILES string of the molecule is CN(CCNC(=O)c1cc(Br)c[nH]1)C1CCCC1.